The summed E-state index contributed by atoms with van der Waals surface area (Å²) in [6.45, 7) is 7.12. The Balaban J connectivity index is 1.87. The first-order valence-corrected chi connectivity index (χ1v) is 6.67. The first-order chi connectivity index (χ1) is 7.68. The lowest BCUT2D eigenvalue weighted by atomic mass is 9.93. The maximum absolute atomic E-state index is 9.37. The molecule has 2 N–H and O–H groups in total. The van der Waals surface area contributed by atoms with Crippen LogP contribution in [0.3, 0.4) is 0 Å². The standard InChI is InChI=1S/C13H27NO2/c1-11(2)10-16-9-3-8-14-12-4-6-13(15)7-5-12/h11-15H,3-10H2,1-2H3. The van der Waals surface area contributed by atoms with Crippen molar-refractivity contribution in [3.63, 3.8) is 0 Å². The number of hydrogen-bond donors (Lipinski definition) is 2. The molecule has 0 heterocycles. The van der Waals surface area contributed by atoms with Gasteiger partial charge in [0.1, 0.15) is 0 Å². The molecular formula is C13H27NO2. The van der Waals surface area contributed by atoms with Gasteiger partial charge in [-0.05, 0) is 44.6 Å². The fourth-order valence-electron chi connectivity index (χ4n) is 2.08. The molecule has 0 aromatic carbocycles. The first kappa shape index (κ1) is 13.9. The van der Waals surface area contributed by atoms with E-state index < -0.39 is 0 Å². The molecule has 1 aliphatic rings. The summed E-state index contributed by atoms with van der Waals surface area (Å²) < 4.78 is 5.52. The van der Waals surface area contributed by atoms with Gasteiger partial charge in [0.15, 0.2) is 0 Å². The van der Waals surface area contributed by atoms with Gasteiger partial charge < -0.3 is 15.2 Å². The molecule has 0 unspecified atom stereocenters. The molecule has 96 valence electrons. The molecule has 0 aromatic heterocycles. The van der Waals surface area contributed by atoms with Crippen molar-refractivity contribution in [2.45, 2.75) is 58.1 Å². The maximum atomic E-state index is 9.37. The van der Waals surface area contributed by atoms with E-state index in [0.29, 0.717) is 12.0 Å². The summed E-state index contributed by atoms with van der Waals surface area (Å²) in [7, 11) is 0. The van der Waals surface area contributed by atoms with Crippen LogP contribution in [-0.2, 0) is 4.74 Å². The molecule has 0 radical (unpaired) electrons. The van der Waals surface area contributed by atoms with Gasteiger partial charge in [-0.15, -0.1) is 0 Å². The predicted octanol–water partition coefficient (Wildman–Crippen LogP) is 1.94. The van der Waals surface area contributed by atoms with Crippen molar-refractivity contribution in [2.75, 3.05) is 19.8 Å². The SMILES string of the molecule is CC(C)COCCCNC1CCC(O)CC1. The summed E-state index contributed by atoms with van der Waals surface area (Å²) in [5, 5.41) is 12.9. The highest BCUT2D eigenvalue weighted by Gasteiger charge is 2.18. The monoisotopic (exact) mass is 229 g/mol. The molecule has 1 fully saturated rings. The molecule has 3 nitrogen and oxygen atoms in total. The smallest absolute Gasteiger partial charge is 0.0541 e. The minimum Gasteiger partial charge on any atom is -0.393 e. The second-order valence-corrected chi connectivity index (χ2v) is 5.28. The lowest BCUT2D eigenvalue weighted by molar-refractivity contribution is 0.102. The van der Waals surface area contributed by atoms with E-state index in [-0.39, 0.29) is 6.10 Å². The lowest BCUT2D eigenvalue weighted by Gasteiger charge is -2.26. The third kappa shape index (κ3) is 6.46. The second kappa shape index (κ2) is 8.04. The van der Waals surface area contributed by atoms with Crippen LogP contribution < -0.4 is 5.32 Å². The normalized spacial score (nSPS) is 26.2. The van der Waals surface area contributed by atoms with Crippen LogP contribution in [0.4, 0.5) is 0 Å². The summed E-state index contributed by atoms with van der Waals surface area (Å²) in [5.41, 5.74) is 0. The van der Waals surface area contributed by atoms with E-state index in [1.807, 2.05) is 0 Å². The Morgan fingerprint density at radius 2 is 1.94 bits per heavy atom. The number of aliphatic hydroxyl groups excluding tert-OH is 1. The van der Waals surface area contributed by atoms with Crippen molar-refractivity contribution >= 4 is 0 Å². The van der Waals surface area contributed by atoms with Crippen molar-refractivity contribution in [1.82, 2.24) is 5.32 Å². The largest absolute Gasteiger partial charge is 0.393 e. The van der Waals surface area contributed by atoms with Gasteiger partial charge >= 0.3 is 0 Å². The van der Waals surface area contributed by atoms with Crippen LogP contribution in [0, 0.1) is 5.92 Å². The van der Waals surface area contributed by atoms with Gasteiger partial charge in [-0.1, -0.05) is 13.8 Å². The minimum atomic E-state index is -0.0487. The highest BCUT2D eigenvalue weighted by Crippen LogP contribution is 2.17. The zero-order valence-electron chi connectivity index (χ0n) is 10.7. The fraction of sp³-hybridized carbons (Fsp3) is 1.00. The van der Waals surface area contributed by atoms with E-state index in [1.165, 1.54) is 0 Å². The summed E-state index contributed by atoms with van der Waals surface area (Å²) in [6, 6.07) is 0.619. The molecule has 1 rings (SSSR count). The van der Waals surface area contributed by atoms with Crippen molar-refractivity contribution in [3.05, 3.63) is 0 Å². The van der Waals surface area contributed by atoms with Gasteiger partial charge in [-0.3, -0.25) is 0 Å². The zero-order valence-corrected chi connectivity index (χ0v) is 10.7. The number of hydrogen-bond acceptors (Lipinski definition) is 3. The maximum Gasteiger partial charge on any atom is 0.0541 e. The lowest BCUT2D eigenvalue weighted by Crippen LogP contribution is -2.35. The molecule has 0 aliphatic heterocycles. The molecule has 0 aromatic rings. The molecule has 3 heteroatoms. The second-order valence-electron chi connectivity index (χ2n) is 5.28. The van der Waals surface area contributed by atoms with Gasteiger partial charge in [0.25, 0.3) is 0 Å². The molecule has 1 saturated carbocycles. The van der Waals surface area contributed by atoms with Crippen LogP contribution in [0.5, 0.6) is 0 Å². The van der Waals surface area contributed by atoms with Crippen LogP contribution >= 0.6 is 0 Å². The van der Waals surface area contributed by atoms with E-state index in [4.69, 9.17) is 4.74 Å². The fourth-order valence-corrected chi connectivity index (χ4v) is 2.08. The van der Waals surface area contributed by atoms with Gasteiger partial charge in [0.2, 0.25) is 0 Å². The topological polar surface area (TPSA) is 41.5 Å². The average molecular weight is 229 g/mol. The van der Waals surface area contributed by atoms with Crippen LogP contribution in [0.1, 0.15) is 46.0 Å². The third-order valence-electron chi connectivity index (χ3n) is 3.05. The van der Waals surface area contributed by atoms with E-state index in [9.17, 15) is 5.11 Å². The number of ether oxygens (including phenoxy) is 1. The van der Waals surface area contributed by atoms with Gasteiger partial charge in [-0.25, -0.2) is 0 Å². The van der Waals surface area contributed by atoms with Gasteiger partial charge in [0, 0.05) is 19.3 Å². The summed E-state index contributed by atoms with van der Waals surface area (Å²) in [4.78, 5) is 0. The quantitative estimate of drug-likeness (QED) is 0.656. The molecule has 0 saturated heterocycles. The predicted molar refractivity (Wildman–Crippen MR) is 66.5 cm³/mol. The van der Waals surface area contributed by atoms with Crippen LogP contribution in [-0.4, -0.2) is 37.0 Å². The average Bonchev–Trinajstić information content (AvgIpc) is 2.25. The summed E-state index contributed by atoms with van der Waals surface area (Å²) in [6.07, 6.45) is 5.20. The highest BCUT2D eigenvalue weighted by atomic mass is 16.5. The van der Waals surface area contributed by atoms with Crippen LogP contribution in [0.15, 0.2) is 0 Å². The Morgan fingerprint density at radius 3 is 2.56 bits per heavy atom. The van der Waals surface area contributed by atoms with E-state index >= 15 is 0 Å². The third-order valence-corrected chi connectivity index (χ3v) is 3.05. The number of nitrogens with one attached hydrogen (secondary N) is 1. The number of aliphatic hydroxyl groups is 1. The van der Waals surface area contributed by atoms with E-state index in [1.54, 1.807) is 0 Å². The molecule has 0 spiro atoms. The van der Waals surface area contributed by atoms with Crippen LogP contribution in [0.25, 0.3) is 0 Å². The zero-order chi connectivity index (χ0) is 11.8. The Labute approximate surface area is 99.6 Å². The van der Waals surface area contributed by atoms with Gasteiger partial charge in [-0.2, -0.15) is 0 Å². The molecule has 0 amide bonds. The minimum absolute atomic E-state index is 0.0487. The molecule has 16 heavy (non-hydrogen) atoms. The molecule has 0 atom stereocenters. The first-order valence-electron chi connectivity index (χ1n) is 6.67. The molecule has 0 bridgehead atoms. The Morgan fingerprint density at radius 1 is 1.25 bits per heavy atom. The summed E-state index contributed by atoms with van der Waals surface area (Å²) >= 11 is 0. The van der Waals surface area contributed by atoms with E-state index in [0.717, 1.165) is 51.9 Å². The Hall–Kier alpha value is -0.120. The van der Waals surface area contributed by atoms with Gasteiger partial charge in [0.05, 0.1) is 6.10 Å². The highest BCUT2D eigenvalue weighted by molar-refractivity contribution is 4.76. The van der Waals surface area contributed by atoms with Crippen molar-refractivity contribution in [3.8, 4) is 0 Å². The van der Waals surface area contributed by atoms with Crippen molar-refractivity contribution in [1.29, 1.82) is 0 Å². The molecular weight excluding hydrogens is 202 g/mol. The number of rotatable bonds is 7. The Bertz CT molecular complexity index is 165. The Kier molecular flexibility index (Phi) is 7.01. The summed E-state index contributed by atoms with van der Waals surface area (Å²) in [5.74, 6) is 0.632. The van der Waals surface area contributed by atoms with Crippen LogP contribution in [0.2, 0.25) is 0 Å². The molecule has 1 aliphatic carbocycles. The van der Waals surface area contributed by atoms with Crippen molar-refractivity contribution < 1.29 is 9.84 Å². The van der Waals surface area contributed by atoms with Crippen molar-refractivity contribution in [2.24, 2.45) is 5.92 Å². The van der Waals surface area contributed by atoms with E-state index in [2.05, 4.69) is 19.2 Å².